The number of methoxy groups -OCH3 is 1. The smallest absolute Gasteiger partial charge is 0.323 e. The molecular weight excluding hydrogens is 248 g/mol. The largest absolute Gasteiger partial charge is 0.480 e. The van der Waals surface area contributed by atoms with E-state index >= 15 is 0 Å². The Kier molecular flexibility index (Phi) is 5.60. The number of aliphatic carboxylic acids is 1. The minimum atomic E-state index is -0.978. The highest BCUT2D eigenvalue weighted by atomic mass is 16.5. The van der Waals surface area contributed by atoms with Crippen molar-refractivity contribution in [2.24, 2.45) is 0 Å². The van der Waals surface area contributed by atoms with Crippen LogP contribution < -0.4 is 0 Å². The summed E-state index contributed by atoms with van der Waals surface area (Å²) in [7, 11) is 1.65. The average Bonchev–Trinajstić information content (AvgIpc) is 2.37. The van der Waals surface area contributed by atoms with Gasteiger partial charge in [-0.2, -0.15) is 0 Å². The molecule has 1 aliphatic heterocycles. The van der Waals surface area contributed by atoms with Gasteiger partial charge in [-0.3, -0.25) is 4.79 Å². The highest BCUT2D eigenvalue weighted by Crippen LogP contribution is 2.24. The number of amides is 2. The van der Waals surface area contributed by atoms with Crippen LogP contribution in [-0.4, -0.2) is 65.8 Å². The number of piperidine rings is 1. The van der Waals surface area contributed by atoms with Crippen molar-refractivity contribution >= 4 is 12.0 Å². The summed E-state index contributed by atoms with van der Waals surface area (Å²) in [4.78, 5) is 26.3. The lowest BCUT2D eigenvalue weighted by Crippen LogP contribution is -2.54. The molecule has 110 valence electrons. The van der Waals surface area contributed by atoms with Crippen molar-refractivity contribution in [2.75, 3.05) is 33.3 Å². The third-order valence-corrected chi connectivity index (χ3v) is 3.51. The minimum absolute atomic E-state index is 0.202. The number of hydrogen-bond acceptors (Lipinski definition) is 3. The summed E-state index contributed by atoms with van der Waals surface area (Å²) in [6.45, 7) is 5.31. The number of nitrogens with zero attached hydrogens (tertiary/aromatic N) is 2. The maximum atomic E-state index is 12.4. The van der Waals surface area contributed by atoms with Gasteiger partial charge in [0.1, 0.15) is 6.54 Å². The number of ether oxygens (including phenoxy) is 1. The highest BCUT2D eigenvalue weighted by molar-refractivity contribution is 5.80. The molecule has 1 rings (SSSR count). The van der Waals surface area contributed by atoms with Crippen molar-refractivity contribution in [2.45, 2.75) is 38.7 Å². The monoisotopic (exact) mass is 272 g/mol. The predicted molar refractivity (Wildman–Crippen MR) is 71.1 cm³/mol. The lowest BCUT2D eigenvalue weighted by molar-refractivity contribution is -0.137. The van der Waals surface area contributed by atoms with Gasteiger partial charge in [0.25, 0.3) is 0 Å². The Bertz CT molecular complexity index is 335. The van der Waals surface area contributed by atoms with Crippen LogP contribution in [0, 0.1) is 0 Å². The zero-order valence-electron chi connectivity index (χ0n) is 12.0. The van der Waals surface area contributed by atoms with E-state index in [4.69, 9.17) is 9.84 Å². The summed E-state index contributed by atoms with van der Waals surface area (Å²) < 4.78 is 5.45. The molecule has 1 unspecified atom stereocenters. The zero-order chi connectivity index (χ0) is 14.5. The lowest BCUT2D eigenvalue weighted by Gasteiger charge is -2.41. The van der Waals surface area contributed by atoms with Crippen LogP contribution in [0.5, 0.6) is 0 Å². The van der Waals surface area contributed by atoms with Gasteiger partial charge in [-0.1, -0.05) is 6.92 Å². The fourth-order valence-corrected chi connectivity index (χ4v) is 2.41. The van der Waals surface area contributed by atoms with Gasteiger partial charge in [-0.15, -0.1) is 0 Å². The molecule has 6 heteroatoms. The third kappa shape index (κ3) is 4.38. The van der Waals surface area contributed by atoms with Crippen LogP contribution in [0.2, 0.25) is 0 Å². The van der Waals surface area contributed by atoms with Gasteiger partial charge in [0.05, 0.1) is 12.1 Å². The third-order valence-electron chi connectivity index (χ3n) is 3.51. The lowest BCUT2D eigenvalue weighted by atomic mass is 9.95. The summed E-state index contributed by atoms with van der Waals surface area (Å²) >= 11 is 0. The van der Waals surface area contributed by atoms with Gasteiger partial charge < -0.3 is 19.6 Å². The van der Waals surface area contributed by atoms with Crippen molar-refractivity contribution in [1.29, 1.82) is 0 Å². The first kappa shape index (κ1) is 15.8. The molecule has 0 aromatic heterocycles. The second kappa shape index (κ2) is 6.75. The molecule has 19 heavy (non-hydrogen) atoms. The molecule has 0 aromatic rings. The molecule has 0 aromatic carbocycles. The second-order valence-electron chi connectivity index (χ2n) is 5.28. The van der Waals surface area contributed by atoms with E-state index in [1.165, 1.54) is 4.90 Å². The van der Waals surface area contributed by atoms with E-state index in [2.05, 4.69) is 0 Å². The molecule has 1 N–H and O–H groups in total. The van der Waals surface area contributed by atoms with Gasteiger partial charge in [0, 0.05) is 20.2 Å². The minimum Gasteiger partial charge on any atom is -0.480 e. The maximum Gasteiger partial charge on any atom is 0.323 e. The topological polar surface area (TPSA) is 70.1 Å². The average molecular weight is 272 g/mol. The van der Waals surface area contributed by atoms with Crippen LogP contribution in [0.4, 0.5) is 4.79 Å². The van der Waals surface area contributed by atoms with Crippen molar-refractivity contribution in [3.05, 3.63) is 0 Å². The van der Waals surface area contributed by atoms with Crippen molar-refractivity contribution < 1.29 is 19.4 Å². The Morgan fingerprint density at radius 3 is 2.68 bits per heavy atom. The Morgan fingerprint density at radius 2 is 2.16 bits per heavy atom. The number of rotatable bonds is 5. The molecule has 0 spiro atoms. The summed E-state index contributed by atoms with van der Waals surface area (Å²) in [6, 6.07) is -0.202. The molecule has 1 saturated heterocycles. The van der Waals surface area contributed by atoms with Gasteiger partial charge in [-0.25, -0.2) is 4.79 Å². The Hall–Kier alpha value is -1.30. The molecule has 1 aliphatic rings. The van der Waals surface area contributed by atoms with E-state index in [-0.39, 0.29) is 18.2 Å². The van der Waals surface area contributed by atoms with Crippen LogP contribution in [0.15, 0.2) is 0 Å². The van der Waals surface area contributed by atoms with Crippen LogP contribution in [-0.2, 0) is 9.53 Å². The SMILES string of the molecule is CCCN(CC(=O)O)C(=O)N1CCCC(C)(OC)C1. The van der Waals surface area contributed by atoms with Gasteiger partial charge in [0.15, 0.2) is 0 Å². The molecule has 2 amide bonds. The first-order valence-corrected chi connectivity index (χ1v) is 6.72. The second-order valence-corrected chi connectivity index (χ2v) is 5.28. The number of carbonyl (C=O) groups excluding carboxylic acids is 1. The first-order valence-electron chi connectivity index (χ1n) is 6.72. The Labute approximate surface area is 114 Å². The highest BCUT2D eigenvalue weighted by Gasteiger charge is 2.34. The fraction of sp³-hybridized carbons (Fsp3) is 0.846. The summed E-state index contributed by atoms with van der Waals surface area (Å²) in [5.41, 5.74) is -0.324. The van der Waals surface area contributed by atoms with Gasteiger partial charge in [0.2, 0.25) is 0 Å². The first-order chi connectivity index (χ1) is 8.91. The summed E-state index contributed by atoms with van der Waals surface area (Å²) in [6.07, 6.45) is 2.54. The molecule has 0 aliphatic carbocycles. The normalized spacial score (nSPS) is 23.2. The molecule has 0 radical (unpaired) electrons. The number of likely N-dealkylation sites (tertiary alicyclic amines) is 1. The molecule has 0 bridgehead atoms. The molecule has 6 nitrogen and oxygen atoms in total. The van der Waals surface area contributed by atoms with Crippen molar-refractivity contribution in [3.63, 3.8) is 0 Å². The molecule has 0 saturated carbocycles. The molecule has 1 atom stereocenters. The number of urea groups is 1. The standard InChI is InChI=1S/C13H24N2O4/c1-4-7-14(9-11(16)17)12(18)15-8-5-6-13(2,10-15)19-3/h4-10H2,1-3H3,(H,16,17). The number of carbonyl (C=O) groups is 2. The predicted octanol–water partition coefficient (Wildman–Crippen LogP) is 1.40. The number of hydrogen-bond donors (Lipinski definition) is 1. The molecular formula is C13H24N2O4. The van der Waals surface area contributed by atoms with Crippen molar-refractivity contribution in [1.82, 2.24) is 9.80 Å². The van der Waals surface area contributed by atoms with Crippen LogP contribution in [0.1, 0.15) is 33.1 Å². The maximum absolute atomic E-state index is 12.4. The van der Waals surface area contributed by atoms with Crippen LogP contribution >= 0.6 is 0 Å². The number of carboxylic acid groups (broad SMARTS) is 1. The van der Waals surface area contributed by atoms with E-state index in [0.717, 1.165) is 19.3 Å². The van der Waals surface area contributed by atoms with E-state index in [0.29, 0.717) is 19.6 Å². The van der Waals surface area contributed by atoms with E-state index < -0.39 is 5.97 Å². The van der Waals surface area contributed by atoms with Crippen molar-refractivity contribution in [3.8, 4) is 0 Å². The number of carboxylic acids is 1. The van der Waals surface area contributed by atoms with Gasteiger partial charge in [-0.05, 0) is 26.2 Å². The Morgan fingerprint density at radius 1 is 1.47 bits per heavy atom. The summed E-state index contributed by atoms with van der Waals surface area (Å²) in [5.74, 6) is -0.978. The van der Waals surface area contributed by atoms with E-state index in [1.807, 2.05) is 13.8 Å². The van der Waals surface area contributed by atoms with Crippen LogP contribution in [0.25, 0.3) is 0 Å². The Balaban J connectivity index is 2.70. The van der Waals surface area contributed by atoms with E-state index in [9.17, 15) is 9.59 Å². The van der Waals surface area contributed by atoms with Gasteiger partial charge >= 0.3 is 12.0 Å². The molecule has 1 fully saturated rings. The molecule has 1 heterocycles. The zero-order valence-corrected chi connectivity index (χ0v) is 12.0. The summed E-state index contributed by atoms with van der Waals surface area (Å²) in [5, 5.41) is 8.87. The van der Waals surface area contributed by atoms with Crippen LogP contribution in [0.3, 0.4) is 0 Å². The quantitative estimate of drug-likeness (QED) is 0.821. The van der Waals surface area contributed by atoms with E-state index in [1.54, 1.807) is 12.0 Å². The fourth-order valence-electron chi connectivity index (χ4n) is 2.41.